The molecule has 0 unspecified atom stereocenters. The third kappa shape index (κ3) is 22.2. The number of aliphatic hydroxyl groups is 4. The first-order valence-corrected chi connectivity index (χ1v) is 23.5. The van der Waals surface area contributed by atoms with Crippen molar-refractivity contribution >= 4 is 41.5 Å². The summed E-state index contributed by atoms with van der Waals surface area (Å²) in [6.07, 6.45) is 8.23. The summed E-state index contributed by atoms with van der Waals surface area (Å²) >= 11 is 0. The van der Waals surface area contributed by atoms with Gasteiger partial charge >= 0.3 is 25.0 Å². The Morgan fingerprint density at radius 1 is 0.537 bits per heavy atom. The van der Waals surface area contributed by atoms with Crippen LogP contribution in [0, 0.1) is 10.8 Å². The van der Waals surface area contributed by atoms with E-state index in [-0.39, 0.29) is 45.7 Å². The van der Waals surface area contributed by atoms with Gasteiger partial charge in [-0.3, -0.25) is 23.8 Å². The number of pyridine rings is 1. The highest BCUT2D eigenvalue weighted by atomic mass is 19.4. The minimum absolute atomic E-state index is 0.0144. The molecule has 0 aliphatic heterocycles. The lowest BCUT2D eigenvalue weighted by molar-refractivity contribution is -0.618. The summed E-state index contributed by atoms with van der Waals surface area (Å²) in [5, 5.41) is 60.5. The van der Waals surface area contributed by atoms with Crippen molar-refractivity contribution in [1.29, 1.82) is 0 Å². The van der Waals surface area contributed by atoms with Crippen molar-refractivity contribution in [3.8, 4) is 0 Å². The Balaban J connectivity index is 0.000000340. The molecular formula is C54H60BF6N9O10. The molecule has 0 bridgehead atoms. The molecule has 0 aliphatic rings. The molecule has 6 N–H and O–H groups in total. The summed E-state index contributed by atoms with van der Waals surface area (Å²) in [5.74, 6) is -6.50. The molecule has 0 atom stereocenters. The number of carbonyl (C=O) groups excluding carboxylic acids is 4. The van der Waals surface area contributed by atoms with Gasteiger partial charge in [-0.2, -0.15) is 26.3 Å². The first kappa shape index (κ1) is 66.5. The normalized spacial score (nSPS) is 12.2. The van der Waals surface area contributed by atoms with E-state index in [4.69, 9.17) is 15.3 Å². The zero-order chi connectivity index (χ0) is 60.5. The molecule has 5 aromatic heterocycles. The number of hydrogen-bond acceptors (Lipinski definition) is 13. The fourth-order valence-electron chi connectivity index (χ4n) is 5.86. The fraction of sp³-hybridized carbons (Fsp3) is 0.222. The number of alkyl halides is 6. The van der Waals surface area contributed by atoms with Crippen molar-refractivity contribution in [2.45, 2.75) is 67.7 Å². The standard InChI is InChI=1S/C15H12O2.C12H13BN8.C11H20O2.C6H5NO2.C5H2F6O2.C5H8O2/c16-14(12-7-3-1-4-8-12)11-15(17)13-9-5-2-6-10-13;1-5-14-18(9-1)13(19-10-2-6-15-19,20-11-3-7-16-20)21-12-4-8-17-21;1-10(2,3)8(12)7-9(13)11(4,5)6;8-6(9)5-3-1-2-4-7-5;6-4(7,8)2(12)1-3(13)5(9,10)11;1-4(6)3-5(2)7/h1-11,16H;1-12,14H;7,12H,1-6H3;1-4H,(H,8,9);1,12H;3,6H,1-2H3/b14-11-;;8-7-;;2-1-;4-3-. The zero-order valence-electron chi connectivity index (χ0n) is 44.5. The second-order valence-electron chi connectivity index (χ2n) is 18.5. The fourth-order valence-corrected chi connectivity index (χ4v) is 5.86. The van der Waals surface area contributed by atoms with Crippen molar-refractivity contribution in [3.05, 3.63) is 217 Å². The summed E-state index contributed by atoms with van der Waals surface area (Å²) < 4.78 is 75.5. The third-order valence-electron chi connectivity index (χ3n) is 9.88. The molecule has 0 fully saturated rings. The number of halogens is 6. The van der Waals surface area contributed by atoms with Crippen LogP contribution in [0.1, 0.15) is 81.8 Å². The number of rotatable bonds is 11. The molecule has 426 valence electrons. The number of aromatic amines is 1. The number of nitrogens with one attached hydrogen (secondary N) is 1. The number of aliphatic hydroxyl groups excluding tert-OH is 4. The molecule has 80 heavy (non-hydrogen) atoms. The minimum atomic E-state index is -5.42. The van der Waals surface area contributed by atoms with Gasteiger partial charge in [0.15, 0.2) is 17.3 Å². The number of allylic oxidation sites excluding steroid dienone is 7. The van der Waals surface area contributed by atoms with Gasteiger partial charge in [0.25, 0.3) is 5.78 Å². The SMILES string of the molecule is CC(=O)/C=C(/C)O.CC(C)(C)C(=O)/C=C(\O)C(C)(C)C.O=C(/C=C(\O)C(F)(F)F)C(F)(F)F.O=C(/C=C(\O)c1ccccc1)c1ccccc1.O=C(O)c1ccccn1.c1cnn([B-](n2cccn2)(n2cccn2)[n+]2ccc[nH]2)c1. The van der Waals surface area contributed by atoms with Gasteiger partial charge in [0.2, 0.25) is 5.76 Å². The van der Waals surface area contributed by atoms with Gasteiger partial charge in [0.1, 0.15) is 23.4 Å². The first-order chi connectivity index (χ1) is 37.2. The lowest BCUT2D eigenvalue weighted by Gasteiger charge is -2.32. The van der Waals surface area contributed by atoms with Crippen molar-refractivity contribution < 1.29 is 80.4 Å². The van der Waals surface area contributed by atoms with Crippen LogP contribution < -0.4 is 4.59 Å². The molecule has 0 saturated heterocycles. The van der Waals surface area contributed by atoms with E-state index in [0.717, 1.165) is 0 Å². The number of nitrogens with zero attached hydrogens (tertiary/aromatic N) is 8. The Labute approximate surface area is 455 Å². The van der Waals surface area contributed by atoms with Crippen LogP contribution in [0.2, 0.25) is 0 Å². The van der Waals surface area contributed by atoms with Gasteiger partial charge in [0.05, 0.1) is 12.0 Å². The van der Waals surface area contributed by atoms with E-state index in [0.29, 0.717) is 11.1 Å². The number of carbonyl (C=O) groups is 5. The Morgan fingerprint density at radius 2 is 1.00 bits per heavy atom. The van der Waals surface area contributed by atoms with Gasteiger partial charge in [-0.05, 0) is 62.8 Å². The maximum atomic E-state index is 11.8. The second kappa shape index (κ2) is 30.4. The number of carboxylic acid groups (broad SMARTS) is 1. The average Bonchev–Trinajstić information content (AvgIpc) is 4.26. The summed E-state index contributed by atoms with van der Waals surface area (Å²) in [6.45, 7) is 12.2. The molecule has 7 aromatic rings. The predicted octanol–water partition coefficient (Wildman–Crippen LogP) is 10.3. The average molecular weight is 1120 g/mol. The Hall–Kier alpha value is -9.62. The van der Waals surface area contributed by atoms with Crippen LogP contribution >= 0.6 is 0 Å². The van der Waals surface area contributed by atoms with Gasteiger partial charge in [-0.15, -0.1) is 0 Å². The largest absolute Gasteiger partial charge is 0.665 e. The lowest BCUT2D eigenvalue weighted by atomic mass is 9.75. The van der Waals surface area contributed by atoms with Crippen molar-refractivity contribution in [2.24, 2.45) is 10.8 Å². The number of hydrogen-bond donors (Lipinski definition) is 6. The Bertz CT molecular complexity index is 2940. The molecule has 19 nitrogen and oxygen atoms in total. The molecular weight excluding hydrogens is 1060 g/mol. The molecule has 0 spiro atoms. The van der Waals surface area contributed by atoms with Crippen LogP contribution in [-0.4, -0.2) is 113 Å². The maximum absolute atomic E-state index is 11.8. The Kier molecular flexibility index (Phi) is 25.2. The molecule has 0 aliphatic carbocycles. The van der Waals surface area contributed by atoms with Gasteiger partial charge in [0, 0.05) is 77.1 Å². The quantitative estimate of drug-likeness (QED) is 0.0231. The maximum Gasteiger partial charge on any atom is 0.665 e. The van der Waals surface area contributed by atoms with E-state index in [1.165, 1.54) is 44.3 Å². The predicted molar refractivity (Wildman–Crippen MR) is 284 cm³/mol. The van der Waals surface area contributed by atoms with Gasteiger partial charge < -0.3 is 39.3 Å². The van der Waals surface area contributed by atoms with Crippen LogP contribution in [0.5, 0.6) is 0 Å². The lowest BCUT2D eigenvalue weighted by Crippen LogP contribution is -2.80. The molecule has 5 heterocycles. The summed E-state index contributed by atoms with van der Waals surface area (Å²) in [6, 6.07) is 30.2. The molecule has 0 amide bonds. The number of aromatic carboxylic acids is 1. The van der Waals surface area contributed by atoms with Crippen LogP contribution in [0.25, 0.3) is 5.76 Å². The van der Waals surface area contributed by atoms with E-state index in [1.807, 2.05) is 139 Å². The second-order valence-corrected chi connectivity index (χ2v) is 18.5. The van der Waals surface area contributed by atoms with Crippen LogP contribution in [0.15, 0.2) is 200 Å². The summed E-state index contributed by atoms with van der Waals surface area (Å²) in [4.78, 5) is 56.9. The van der Waals surface area contributed by atoms with Gasteiger partial charge in [-0.25, -0.2) is 30.2 Å². The van der Waals surface area contributed by atoms with E-state index in [9.17, 15) is 60.5 Å². The van der Waals surface area contributed by atoms with Crippen molar-refractivity contribution in [3.63, 3.8) is 0 Å². The van der Waals surface area contributed by atoms with Gasteiger partial charge in [-0.1, -0.05) is 108 Å². The highest BCUT2D eigenvalue weighted by Crippen LogP contribution is 2.26. The Morgan fingerprint density at radius 3 is 1.31 bits per heavy atom. The molecule has 0 radical (unpaired) electrons. The topological polar surface area (TPSA) is 273 Å². The molecule has 26 heteroatoms. The number of H-pyrrole nitrogens is 1. The number of carboxylic acids is 1. The molecule has 2 aromatic carbocycles. The third-order valence-corrected chi connectivity index (χ3v) is 9.88. The van der Waals surface area contributed by atoms with E-state index in [2.05, 4.69) is 25.4 Å². The first-order valence-electron chi connectivity index (χ1n) is 23.5. The van der Waals surface area contributed by atoms with Crippen LogP contribution in [0.3, 0.4) is 0 Å². The molecule has 0 saturated carbocycles. The summed E-state index contributed by atoms with van der Waals surface area (Å²) in [5.41, 5.74) is 0.518. The van der Waals surface area contributed by atoms with E-state index >= 15 is 0 Å². The monoisotopic (exact) mass is 1120 g/mol. The van der Waals surface area contributed by atoms with Crippen LogP contribution in [-0.2, 0) is 14.4 Å². The minimum Gasteiger partial charge on any atom is -0.512 e. The number of benzene rings is 2. The van der Waals surface area contributed by atoms with Crippen LogP contribution in [0.4, 0.5) is 26.3 Å². The van der Waals surface area contributed by atoms with E-state index in [1.54, 1.807) is 67.1 Å². The zero-order valence-corrected chi connectivity index (χ0v) is 44.5. The van der Waals surface area contributed by atoms with Crippen molar-refractivity contribution in [2.75, 3.05) is 0 Å². The van der Waals surface area contributed by atoms with Crippen molar-refractivity contribution in [1.82, 2.24) is 39.2 Å². The molecule has 7 rings (SSSR count). The highest BCUT2D eigenvalue weighted by molar-refractivity contribution is 6.65. The summed E-state index contributed by atoms with van der Waals surface area (Å²) in [7, 11) is 0. The number of aromatic nitrogens is 9. The highest BCUT2D eigenvalue weighted by Gasteiger charge is 2.50. The number of ketones is 4. The smallest absolute Gasteiger partial charge is 0.512 e. The van der Waals surface area contributed by atoms with E-state index < -0.39 is 48.0 Å².